The zero-order valence-electron chi connectivity index (χ0n) is 20.3. The molecule has 4 aromatic rings. The zero-order valence-corrected chi connectivity index (χ0v) is 21.1. The lowest BCUT2D eigenvalue weighted by Crippen LogP contribution is -2.30. The maximum absolute atomic E-state index is 12.0. The summed E-state index contributed by atoms with van der Waals surface area (Å²) >= 11 is 5.88. The Labute approximate surface area is 216 Å². The van der Waals surface area contributed by atoms with E-state index in [9.17, 15) is 4.79 Å². The molecule has 8 heteroatoms. The monoisotopic (exact) mass is 496 g/mol. The van der Waals surface area contributed by atoms with Crippen LogP contribution in [0.15, 0.2) is 85.3 Å². The van der Waals surface area contributed by atoms with Gasteiger partial charge in [0, 0.05) is 42.1 Å². The van der Waals surface area contributed by atoms with Crippen molar-refractivity contribution >= 4 is 34.6 Å². The number of hydrogen-bond acceptors (Lipinski definition) is 4. The molecule has 1 aromatic carbocycles. The summed E-state index contributed by atoms with van der Waals surface area (Å²) in [6, 6.07) is 21.8. The Kier molecular flexibility index (Phi) is 6.77. The van der Waals surface area contributed by atoms with Gasteiger partial charge in [0.05, 0.1) is 24.0 Å². The predicted octanol–water partition coefficient (Wildman–Crippen LogP) is 5.16. The molecule has 1 saturated heterocycles. The number of aryl methyl sites for hydroxylation is 1. The Morgan fingerprint density at radius 1 is 1.06 bits per heavy atom. The number of aromatic nitrogens is 3. The fraction of sp³-hybridized carbons (Fsp3) is 0.214. The highest BCUT2D eigenvalue weighted by atomic mass is 32.1. The highest BCUT2D eigenvalue weighted by Crippen LogP contribution is 2.42. The minimum Gasteiger partial charge on any atom is -0.351 e. The van der Waals surface area contributed by atoms with Gasteiger partial charge in [-0.2, -0.15) is 0 Å². The third kappa shape index (κ3) is 4.72. The summed E-state index contributed by atoms with van der Waals surface area (Å²) in [5, 5.41) is 7.12. The first-order valence-corrected chi connectivity index (χ1v) is 12.4. The van der Waals surface area contributed by atoms with Crippen LogP contribution in [-0.2, 0) is 11.3 Å². The number of benzene rings is 1. The normalized spacial score (nSPS) is 17.2. The average molecular weight is 497 g/mol. The molecule has 5 rings (SSSR count). The predicted molar refractivity (Wildman–Crippen MR) is 146 cm³/mol. The van der Waals surface area contributed by atoms with Crippen molar-refractivity contribution in [3.05, 3.63) is 108 Å². The smallest absolute Gasteiger partial charge is 0.224 e. The van der Waals surface area contributed by atoms with Crippen LogP contribution >= 0.6 is 12.2 Å². The number of carbonyl (C=O) groups excluding carboxylic acids is 1. The molecular formula is C28H28N6OS. The summed E-state index contributed by atoms with van der Waals surface area (Å²) in [6.07, 6.45) is 6.13. The number of amides is 1. The highest BCUT2D eigenvalue weighted by Gasteiger charge is 2.42. The Hall–Kier alpha value is -4.04. The summed E-state index contributed by atoms with van der Waals surface area (Å²) < 4.78 is 2.22. The van der Waals surface area contributed by atoms with Crippen LogP contribution in [0.2, 0.25) is 0 Å². The summed E-state index contributed by atoms with van der Waals surface area (Å²) in [5.41, 5.74) is 5.73. The van der Waals surface area contributed by atoms with Crippen LogP contribution in [0.25, 0.3) is 0 Å². The van der Waals surface area contributed by atoms with Gasteiger partial charge in [0.1, 0.15) is 6.04 Å². The molecule has 1 fully saturated rings. The second-order valence-corrected chi connectivity index (χ2v) is 9.17. The summed E-state index contributed by atoms with van der Waals surface area (Å²) in [6.45, 7) is 4.49. The maximum atomic E-state index is 12.0. The van der Waals surface area contributed by atoms with Crippen LogP contribution in [-0.4, -0.2) is 25.6 Å². The highest BCUT2D eigenvalue weighted by molar-refractivity contribution is 7.80. The van der Waals surface area contributed by atoms with Crippen molar-refractivity contribution in [2.45, 2.75) is 38.9 Å². The first-order chi connectivity index (χ1) is 17.5. The van der Waals surface area contributed by atoms with E-state index in [1.807, 2.05) is 74.8 Å². The fourth-order valence-corrected chi connectivity index (χ4v) is 4.96. The van der Waals surface area contributed by atoms with Crippen molar-refractivity contribution in [3.8, 4) is 0 Å². The van der Waals surface area contributed by atoms with Crippen LogP contribution in [0.4, 0.5) is 11.4 Å². The number of carbonyl (C=O) groups is 1. The van der Waals surface area contributed by atoms with E-state index >= 15 is 0 Å². The lowest BCUT2D eigenvalue weighted by molar-refractivity contribution is -0.115. The van der Waals surface area contributed by atoms with E-state index in [2.05, 4.69) is 54.5 Å². The van der Waals surface area contributed by atoms with Crippen LogP contribution < -0.4 is 15.5 Å². The van der Waals surface area contributed by atoms with Gasteiger partial charge in [-0.25, -0.2) is 0 Å². The van der Waals surface area contributed by atoms with E-state index in [-0.39, 0.29) is 18.0 Å². The van der Waals surface area contributed by atoms with Crippen LogP contribution in [0.5, 0.6) is 0 Å². The molecule has 0 saturated carbocycles. The molecule has 3 aromatic heterocycles. The van der Waals surface area contributed by atoms with Crippen LogP contribution in [0.3, 0.4) is 0 Å². The van der Waals surface area contributed by atoms with E-state index < -0.39 is 0 Å². The molecule has 36 heavy (non-hydrogen) atoms. The zero-order chi connectivity index (χ0) is 25.1. The molecule has 2 unspecified atom stereocenters. The summed E-state index contributed by atoms with van der Waals surface area (Å²) in [5.74, 6) is -0.00958. The van der Waals surface area contributed by atoms with E-state index in [4.69, 9.17) is 12.2 Å². The fourth-order valence-electron chi connectivity index (χ4n) is 4.62. The molecule has 2 N–H and O–H groups in total. The van der Waals surface area contributed by atoms with Gasteiger partial charge in [0.15, 0.2) is 5.11 Å². The van der Waals surface area contributed by atoms with Crippen molar-refractivity contribution in [2.75, 3.05) is 10.2 Å². The number of hydrogen-bond donors (Lipinski definition) is 2. The third-order valence-corrected chi connectivity index (χ3v) is 6.72. The number of thiocarbonyl (C=S) groups is 1. The van der Waals surface area contributed by atoms with Crippen molar-refractivity contribution in [2.24, 2.45) is 0 Å². The van der Waals surface area contributed by atoms with Gasteiger partial charge in [-0.3, -0.25) is 14.8 Å². The Morgan fingerprint density at radius 2 is 1.86 bits per heavy atom. The molecule has 2 atom stereocenters. The van der Waals surface area contributed by atoms with Crippen molar-refractivity contribution < 1.29 is 4.79 Å². The van der Waals surface area contributed by atoms with E-state index in [0.717, 1.165) is 34.0 Å². The lowest BCUT2D eigenvalue weighted by Gasteiger charge is -2.29. The average Bonchev–Trinajstić information content (AvgIpc) is 3.49. The van der Waals surface area contributed by atoms with Crippen molar-refractivity contribution in [3.63, 3.8) is 0 Å². The van der Waals surface area contributed by atoms with Gasteiger partial charge in [-0.05, 0) is 79.3 Å². The molecular weight excluding hydrogens is 468 g/mol. The van der Waals surface area contributed by atoms with Crippen LogP contribution in [0, 0.1) is 6.92 Å². The van der Waals surface area contributed by atoms with Crippen molar-refractivity contribution in [1.29, 1.82) is 0 Å². The number of nitrogens with zero attached hydrogens (tertiary/aromatic N) is 4. The number of anilines is 2. The molecule has 1 aliphatic heterocycles. The Bertz CT molecular complexity index is 1370. The second kappa shape index (κ2) is 10.3. The van der Waals surface area contributed by atoms with E-state index in [0.29, 0.717) is 18.1 Å². The standard InChI is InChI=1S/C28H28N6OS/c1-3-25(35)31-22-13-12-21(17-19(22)2)34-27(26(32-28(34)36)23-10-5-7-15-30-23)24-11-8-16-33(24)18-20-9-4-6-14-29-20/h4-17,26-27H,3,18H2,1-2H3,(H,31,35)(H,32,36). The number of nitrogens with one attached hydrogen (secondary N) is 2. The lowest BCUT2D eigenvalue weighted by atomic mass is 10.0. The molecule has 182 valence electrons. The topological polar surface area (TPSA) is 75.1 Å². The van der Waals surface area contributed by atoms with Gasteiger partial charge >= 0.3 is 0 Å². The molecule has 0 bridgehead atoms. The minimum absolute atomic E-state index is 0.00958. The van der Waals surface area contributed by atoms with E-state index in [1.54, 1.807) is 0 Å². The Morgan fingerprint density at radius 3 is 2.56 bits per heavy atom. The van der Waals surface area contributed by atoms with Gasteiger partial charge in [0.25, 0.3) is 0 Å². The quantitative estimate of drug-likeness (QED) is 0.344. The van der Waals surface area contributed by atoms with Gasteiger partial charge in [-0.15, -0.1) is 0 Å². The van der Waals surface area contributed by atoms with Gasteiger partial charge in [-0.1, -0.05) is 19.1 Å². The van der Waals surface area contributed by atoms with E-state index in [1.165, 1.54) is 0 Å². The van der Waals surface area contributed by atoms with Gasteiger partial charge in [0.2, 0.25) is 5.91 Å². The molecule has 4 heterocycles. The van der Waals surface area contributed by atoms with Crippen LogP contribution in [0.1, 0.15) is 48.1 Å². The third-order valence-electron chi connectivity index (χ3n) is 6.41. The minimum atomic E-state index is -0.143. The number of rotatable bonds is 7. The number of pyridine rings is 2. The summed E-state index contributed by atoms with van der Waals surface area (Å²) in [7, 11) is 0. The molecule has 1 amide bonds. The summed E-state index contributed by atoms with van der Waals surface area (Å²) in [4.78, 5) is 23.3. The van der Waals surface area contributed by atoms with Crippen molar-refractivity contribution in [1.82, 2.24) is 19.9 Å². The maximum Gasteiger partial charge on any atom is 0.224 e. The molecule has 7 nitrogen and oxygen atoms in total. The molecule has 0 radical (unpaired) electrons. The largest absolute Gasteiger partial charge is 0.351 e. The first kappa shape index (κ1) is 23.7. The second-order valence-electron chi connectivity index (χ2n) is 8.78. The Balaban J connectivity index is 1.56. The van der Waals surface area contributed by atoms with Gasteiger partial charge < -0.3 is 20.1 Å². The molecule has 0 aliphatic carbocycles. The molecule has 0 spiro atoms. The molecule has 1 aliphatic rings. The first-order valence-electron chi connectivity index (χ1n) is 12.0. The SMILES string of the molecule is CCC(=O)Nc1ccc(N2C(=S)NC(c3ccccn3)C2c2cccn2Cc2ccccn2)cc1C.